The maximum absolute atomic E-state index is 12.0. The van der Waals surface area contributed by atoms with Crippen LogP contribution < -0.4 is 14.8 Å². The van der Waals surface area contributed by atoms with Gasteiger partial charge in [-0.1, -0.05) is 12.1 Å². The van der Waals surface area contributed by atoms with E-state index in [9.17, 15) is 4.79 Å². The SMILES string of the molecule is CCOc1ccccc1OCCCC(=O)NCCCN1CC(C)OC(C)C1. The fourth-order valence-corrected chi connectivity index (χ4v) is 3.34. The van der Waals surface area contributed by atoms with Gasteiger partial charge in [-0.05, 0) is 45.7 Å². The number of nitrogens with zero attached hydrogens (tertiary/aromatic N) is 1. The molecular formula is C21H34N2O4. The minimum absolute atomic E-state index is 0.0837. The summed E-state index contributed by atoms with van der Waals surface area (Å²) in [7, 11) is 0. The van der Waals surface area contributed by atoms with Crippen molar-refractivity contribution < 1.29 is 19.0 Å². The Bertz CT molecular complexity index is 557. The minimum atomic E-state index is 0.0837. The Morgan fingerprint density at radius 2 is 1.81 bits per heavy atom. The number of benzene rings is 1. The highest BCUT2D eigenvalue weighted by Crippen LogP contribution is 2.26. The van der Waals surface area contributed by atoms with Gasteiger partial charge in [-0.25, -0.2) is 0 Å². The van der Waals surface area contributed by atoms with Crippen LogP contribution in [0.1, 0.15) is 40.0 Å². The van der Waals surface area contributed by atoms with Crippen LogP contribution >= 0.6 is 0 Å². The van der Waals surface area contributed by atoms with Gasteiger partial charge in [-0.3, -0.25) is 9.69 Å². The molecule has 0 bridgehead atoms. The summed E-state index contributed by atoms with van der Waals surface area (Å²) in [5, 5.41) is 3.00. The topological polar surface area (TPSA) is 60.0 Å². The first kappa shape index (κ1) is 21.5. The monoisotopic (exact) mass is 378 g/mol. The van der Waals surface area contributed by atoms with Gasteiger partial charge in [0.25, 0.3) is 0 Å². The van der Waals surface area contributed by atoms with E-state index in [2.05, 4.69) is 24.1 Å². The molecule has 1 aromatic carbocycles. The second kappa shape index (κ2) is 11.8. The predicted molar refractivity (Wildman–Crippen MR) is 106 cm³/mol. The summed E-state index contributed by atoms with van der Waals surface area (Å²) in [4.78, 5) is 14.4. The summed E-state index contributed by atoms with van der Waals surface area (Å²) < 4.78 is 17.0. The van der Waals surface area contributed by atoms with Gasteiger partial charge in [-0.2, -0.15) is 0 Å². The normalized spacial score (nSPS) is 20.3. The minimum Gasteiger partial charge on any atom is -0.490 e. The zero-order chi connectivity index (χ0) is 19.5. The highest BCUT2D eigenvalue weighted by molar-refractivity contribution is 5.75. The van der Waals surface area contributed by atoms with Gasteiger partial charge in [0.15, 0.2) is 11.5 Å². The number of hydrogen-bond donors (Lipinski definition) is 1. The second-order valence-corrected chi connectivity index (χ2v) is 7.05. The summed E-state index contributed by atoms with van der Waals surface area (Å²) in [5.74, 6) is 1.56. The smallest absolute Gasteiger partial charge is 0.220 e. The van der Waals surface area contributed by atoms with Gasteiger partial charge < -0.3 is 19.5 Å². The van der Waals surface area contributed by atoms with E-state index < -0.39 is 0 Å². The van der Waals surface area contributed by atoms with Crippen LogP contribution in [0.3, 0.4) is 0 Å². The summed E-state index contributed by atoms with van der Waals surface area (Å²) in [6.07, 6.45) is 2.70. The van der Waals surface area contributed by atoms with Crippen molar-refractivity contribution in [2.45, 2.75) is 52.2 Å². The zero-order valence-corrected chi connectivity index (χ0v) is 16.9. The molecule has 2 rings (SSSR count). The molecule has 27 heavy (non-hydrogen) atoms. The third-order valence-corrected chi connectivity index (χ3v) is 4.42. The quantitative estimate of drug-likeness (QED) is 0.600. The lowest BCUT2D eigenvalue weighted by molar-refractivity contribution is -0.121. The lowest BCUT2D eigenvalue weighted by atomic mass is 10.2. The predicted octanol–water partition coefficient (Wildman–Crippen LogP) is 2.86. The van der Waals surface area contributed by atoms with Crippen LogP contribution in [0.4, 0.5) is 0 Å². The van der Waals surface area contributed by atoms with Crippen LogP contribution in [0.15, 0.2) is 24.3 Å². The van der Waals surface area contributed by atoms with Crippen LogP contribution in [0.25, 0.3) is 0 Å². The molecule has 0 saturated carbocycles. The van der Waals surface area contributed by atoms with Crippen LogP contribution in [-0.2, 0) is 9.53 Å². The Balaban J connectivity index is 1.54. The fourth-order valence-electron chi connectivity index (χ4n) is 3.34. The number of carbonyl (C=O) groups is 1. The maximum Gasteiger partial charge on any atom is 0.220 e. The van der Waals surface area contributed by atoms with Crippen molar-refractivity contribution in [3.8, 4) is 11.5 Å². The van der Waals surface area contributed by atoms with Gasteiger partial charge in [0, 0.05) is 32.6 Å². The molecule has 2 atom stereocenters. The van der Waals surface area contributed by atoms with E-state index in [0.29, 0.717) is 32.6 Å². The van der Waals surface area contributed by atoms with Gasteiger partial charge in [-0.15, -0.1) is 0 Å². The fraction of sp³-hybridized carbons (Fsp3) is 0.667. The molecule has 1 saturated heterocycles. The summed E-state index contributed by atoms with van der Waals surface area (Å²) >= 11 is 0. The lowest BCUT2D eigenvalue weighted by Crippen LogP contribution is -2.46. The van der Waals surface area contributed by atoms with Crippen LogP contribution in [0.5, 0.6) is 11.5 Å². The Kier molecular flexibility index (Phi) is 9.42. The molecular weight excluding hydrogens is 344 g/mol. The van der Waals surface area contributed by atoms with Crippen molar-refractivity contribution in [2.24, 2.45) is 0 Å². The zero-order valence-electron chi connectivity index (χ0n) is 16.9. The van der Waals surface area contributed by atoms with Gasteiger partial charge in [0.2, 0.25) is 5.91 Å². The average Bonchev–Trinajstić information content (AvgIpc) is 2.63. The molecule has 6 heteroatoms. The Morgan fingerprint density at radius 1 is 1.15 bits per heavy atom. The van der Waals surface area contributed by atoms with Crippen molar-refractivity contribution >= 4 is 5.91 Å². The summed E-state index contributed by atoms with van der Waals surface area (Å²) in [5.41, 5.74) is 0. The third-order valence-electron chi connectivity index (χ3n) is 4.42. The van der Waals surface area contributed by atoms with Crippen LogP contribution in [0, 0.1) is 0 Å². The molecule has 0 aliphatic carbocycles. The first-order valence-electron chi connectivity index (χ1n) is 10.1. The molecule has 1 fully saturated rings. The van der Waals surface area contributed by atoms with Crippen molar-refractivity contribution in [1.82, 2.24) is 10.2 Å². The number of morpholine rings is 1. The largest absolute Gasteiger partial charge is 0.490 e. The molecule has 1 N–H and O–H groups in total. The number of hydrogen-bond acceptors (Lipinski definition) is 5. The Hall–Kier alpha value is -1.79. The first-order valence-corrected chi connectivity index (χ1v) is 10.1. The highest BCUT2D eigenvalue weighted by atomic mass is 16.5. The number of ether oxygens (including phenoxy) is 3. The molecule has 1 amide bonds. The van der Waals surface area contributed by atoms with Gasteiger partial charge in [0.05, 0.1) is 25.4 Å². The van der Waals surface area contributed by atoms with E-state index in [1.165, 1.54) is 0 Å². The molecule has 6 nitrogen and oxygen atoms in total. The molecule has 2 unspecified atom stereocenters. The van der Waals surface area contributed by atoms with Crippen molar-refractivity contribution in [2.75, 3.05) is 39.4 Å². The van der Waals surface area contributed by atoms with Crippen molar-refractivity contribution in [3.05, 3.63) is 24.3 Å². The summed E-state index contributed by atoms with van der Waals surface area (Å²) in [6.45, 7) is 10.9. The molecule has 1 aromatic rings. The third kappa shape index (κ3) is 8.18. The van der Waals surface area contributed by atoms with Crippen LogP contribution in [0.2, 0.25) is 0 Å². The Labute approximate surface area is 163 Å². The first-order chi connectivity index (χ1) is 13.1. The molecule has 0 radical (unpaired) electrons. The number of para-hydroxylation sites is 2. The number of nitrogens with one attached hydrogen (secondary N) is 1. The van der Waals surface area contributed by atoms with E-state index in [0.717, 1.165) is 37.6 Å². The molecule has 1 aliphatic rings. The highest BCUT2D eigenvalue weighted by Gasteiger charge is 2.21. The van der Waals surface area contributed by atoms with E-state index >= 15 is 0 Å². The van der Waals surface area contributed by atoms with E-state index in [1.54, 1.807) is 0 Å². The van der Waals surface area contributed by atoms with E-state index in [-0.39, 0.29) is 18.1 Å². The number of carbonyl (C=O) groups excluding carboxylic acids is 1. The van der Waals surface area contributed by atoms with E-state index in [4.69, 9.17) is 14.2 Å². The molecule has 152 valence electrons. The van der Waals surface area contributed by atoms with E-state index in [1.807, 2.05) is 31.2 Å². The molecule has 1 heterocycles. The van der Waals surface area contributed by atoms with Crippen LogP contribution in [-0.4, -0.2) is 62.4 Å². The molecule has 1 aliphatic heterocycles. The number of rotatable bonds is 11. The standard InChI is InChI=1S/C21H34N2O4/c1-4-25-19-9-5-6-10-20(19)26-14-7-11-21(24)22-12-8-13-23-15-17(2)27-18(3)16-23/h5-6,9-10,17-18H,4,7-8,11-16H2,1-3H3,(H,22,24). The average molecular weight is 379 g/mol. The molecule has 0 spiro atoms. The molecule has 0 aromatic heterocycles. The Morgan fingerprint density at radius 3 is 2.48 bits per heavy atom. The second-order valence-electron chi connectivity index (χ2n) is 7.05. The van der Waals surface area contributed by atoms with Crippen molar-refractivity contribution in [1.29, 1.82) is 0 Å². The maximum atomic E-state index is 12.0. The van der Waals surface area contributed by atoms with Gasteiger partial charge >= 0.3 is 0 Å². The van der Waals surface area contributed by atoms with Crippen molar-refractivity contribution in [3.63, 3.8) is 0 Å². The number of amides is 1. The summed E-state index contributed by atoms with van der Waals surface area (Å²) in [6, 6.07) is 7.62. The van der Waals surface area contributed by atoms with Gasteiger partial charge in [0.1, 0.15) is 0 Å². The lowest BCUT2D eigenvalue weighted by Gasteiger charge is -2.35.